The average molecular weight is 179 g/mol. The van der Waals surface area contributed by atoms with Gasteiger partial charge in [-0.15, -0.1) is 0 Å². The van der Waals surface area contributed by atoms with Crippen LogP contribution in [0.25, 0.3) is 24.1 Å². The minimum Gasteiger partial charge on any atom is -0.457 e. The maximum atomic E-state index is 5.95. The van der Waals surface area contributed by atoms with Gasteiger partial charge in [0.15, 0.2) is 0 Å². The average Bonchev–Trinajstić information content (AvgIpc) is 2.29. The lowest BCUT2D eigenvalue weighted by Gasteiger charge is -1.89. The van der Waals surface area contributed by atoms with Gasteiger partial charge in [0.2, 0.25) is 0 Å². The van der Waals surface area contributed by atoms with Crippen LogP contribution >= 0.6 is 11.6 Å². The summed E-state index contributed by atoms with van der Waals surface area (Å²) in [6, 6.07) is 5.51. The molecule has 0 radical (unpaired) electrons. The Labute approximate surface area is 74.6 Å². The van der Waals surface area contributed by atoms with E-state index >= 15 is 0 Å². The molecule has 0 amide bonds. The molecule has 0 aliphatic rings. The van der Waals surface area contributed by atoms with Crippen molar-refractivity contribution >= 4 is 35.7 Å². The zero-order valence-electron chi connectivity index (χ0n) is 6.43. The molecule has 0 saturated carbocycles. The van der Waals surface area contributed by atoms with Crippen LogP contribution in [0.2, 0.25) is 5.02 Å². The largest absolute Gasteiger partial charge is 0.457 e. The van der Waals surface area contributed by atoms with Crippen LogP contribution in [-0.2, 0) is 0 Å². The molecule has 1 heterocycles. The second-order valence-electron chi connectivity index (χ2n) is 2.62. The van der Waals surface area contributed by atoms with Gasteiger partial charge in [-0.05, 0) is 12.1 Å². The molecule has 0 saturated heterocycles. The molecule has 1 aromatic heterocycles. The molecular formula is C10H7ClO. The molecule has 1 nitrogen and oxygen atoms in total. The summed E-state index contributed by atoms with van der Waals surface area (Å²) in [6.45, 7) is 7.54. The van der Waals surface area contributed by atoms with Crippen molar-refractivity contribution in [2.24, 2.45) is 0 Å². The van der Waals surface area contributed by atoms with Crippen LogP contribution in [0.1, 0.15) is 0 Å². The molecule has 2 rings (SSSR count). The van der Waals surface area contributed by atoms with Gasteiger partial charge in [0.05, 0.1) is 5.02 Å². The van der Waals surface area contributed by atoms with E-state index in [1.54, 1.807) is 0 Å². The lowest BCUT2D eigenvalue weighted by Crippen LogP contribution is -2.15. The van der Waals surface area contributed by atoms with E-state index in [2.05, 4.69) is 13.2 Å². The van der Waals surface area contributed by atoms with Crippen LogP contribution in [0.5, 0.6) is 0 Å². The maximum absolute atomic E-state index is 5.95. The van der Waals surface area contributed by atoms with E-state index in [9.17, 15) is 0 Å². The van der Waals surface area contributed by atoms with E-state index in [4.69, 9.17) is 16.0 Å². The molecule has 1 aromatic carbocycles. The Hall–Kier alpha value is -1.21. The summed E-state index contributed by atoms with van der Waals surface area (Å²) in [6.07, 6.45) is 0. The molecule has 0 aliphatic heterocycles. The Morgan fingerprint density at radius 3 is 2.67 bits per heavy atom. The molecule has 0 fully saturated rings. The van der Waals surface area contributed by atoms with E-state index < -0.39 is 0 Å². The lowest BCUT2D eigenvalue weighted by molar-refractivity contribution is 0.577. The highest BCUT2D eigenvalue weighted by molar-refractivity contribution is 6.35. The number of rotatable bonds is 0. The summed E-state index contributed by atoms with van der Waals surface area (Å²) >= 11 is 5.95. The minimum atomic E-state index is 0.582. The molecule has 2 aromatic rings. The molecule has 2 heteroatoms. The van der Waals surface area contributed by atoms with Gasteiger partial charge >= 0.3 is 0 Å². The molecular weight excluding hydrogens is 172 g/mol. The third-order valence-electron chi connectivity index (χ3n) is 1.85. The quantitative estimate of drug-likeness (QED) is 0.601. The number of benzene rings is 1. The first-order chi connectivity index (χ1) is 5.70. The molecule has 0 N–H and O–H groups in total. The first kappa shape index (κ1) is 7.44. The molecule has 60 valence electrons. The van der Waals surface area contributed by atoms with Gasteiger partial charge in [-0.1, -0.05) is 30.8 Å². The van der Waals surface area contributed by atoms with Crippen molar-refractivity contribution in [3.05, 3.63) is 33.9 Å². The van der Waals surface area contributed by atoms with Crippen LogP contribution < -0.4 is 10.6 Å². The number of hydrogen-bond acceptors (Lipinski definition) is 1. The molecule has 0 atom stereocenters. The Kier molecular flexibility index (Phi) is 1.48. The second kappa shape index (κ2) is 2.39. The fourth-order valence-corrected chi connectivity index (χ4v) is 1.50. The predicted molar refractivity (Wildman–Crippen MR) is 51.5 cm³/mol. The Bertz CT molecular complexity index is 524. The van der Waals surface area contributed by atoms with E-state index in [1.807, 2.05) is 18.2 Å². The summed E-state index contributed by atoms with van der Waals surface area (Å²) < 4.78 is 5.32. The molecule has 0 unspecified atom stereocenters. The fraction of sp³-hybridized carbons (Fsp3) is 0. The third kappa shape index (κ3) is 0.868. The molecule has 0 aliphatic carbocycles. The van der Waals surface area contributed by atoms with Gasteiger partial charge in [0.1, 0.15) is 11.0 Å². The van der Waals surface area contributed by atoms with Crippen molar-refractivity contribution in [2.45, 2.75) is 0 Å². The smallest absolute Gasteiger partial charge is 0.136 e. The highest BCUT2D eigenvalue weighted by Gasteiger charge is 2.02. The van der Waals surface area contributed by atoms with Gasteiger partial charge in [-0.2, -0.15) is 0 Å². The van der Waals surface area contributed by atoms with E-state index in [0.717, 1.165) is 16.2 Å². The zero-order chi connectivity index (χ0) is 8.72. The highest BCUT2D eigenvalue weighted by atomic mass is 35.5. The summed E-state index contributed by atoms with van der Waals surface area (Å²) in [5.74, 6) is 0. The summed E-state index contributed by atoms with van der Waals surface area (Å²) in [4.78, 5) is 0. The summed E-state index contributed by atoms with van der Waals surface area (Å²) in [5, 5.41) is 2.30. The van der Waals surface area contributed by atoms with E-state index in [1.165, 1.54) is 0 Å². The highest BCUT2D eigenvalue weighted by Crippen LogP contribution is 2.18. The molecule has 12 heavy (non-hydrogen) atoms. The molecule has 0 bridgehead atoms. The Balaban J connectivity index is 3.18. The van der Waals surface area contributed by atoms with Gasteiger partial charge in [-0.3, -0.25) is 0 Å². The van der Waals surface area contributed by atoms with Crippen molar-refractivity contribution in [1.29, 1.82) is 0 Å². The van der Waals surface area contributed by atoms with Gasteiger partial charge < -0.3 is 4.42 Å². The van der Waals surface area contributed by atoms with Crippen molar-refractivity contribution < 1.29 is 4.42 Å². The zero-order valence-corrected chi connectivity index (χ0v) is 7.19. The van der Waals surface area contributed by atoms with Crippen LogP contribution in [-0.4, -0.2) is 0 Å². The second-order valence-corrected chi connectivity index (χ2v) is 3.02. The van der Waals surface area contributed by atoms with Gasteiger partial charge in [0.25, 0.3) is 0 Å². The summed E-state index contributed by atoms with van der Waals surface area (Å²) in [5.41, 5.74) is 1.33. The van der Waals surface area contributed by atoms with Crippen LogP contribution in [0.15, 0.2) is 22.6 Å². The van der Waals surface area contributed by atoms with Crippen molar-refractivity contribution in [3.63, 3.8) is 0 Å². The van der Waals surface area contributed by atoms with Crippen molar-refractivity contribution in [3.8, 4) is 0 Å². The van der Waals surface area contributed by atoms with Crippen molar-refractivity contribution in [2.75, 3.05) is 0 Å². The SMILES string of the molecule is C=c1oc2cccc(Cl)c2c1=C. The van der Waals surface area contributed by atoms with E-state index in [-0.39, 0.29) is 0 Å². The van der Waals surface area contributed by atoms with E-state index in [0.29, 0.717) is 10.4 Å². The molecule has 0 spiro atoms. The lowest BCUT2D eigenvalue weighted by atomic mass is 10.2. The predicted octanol–water partition coefficient (Wildman–Crippen LogP) is 1.91. The van der Waals surface area contributed by atoms with Gasteiger partial charge in [0, 0.05) is 10.6 Å². The maximum Gasteiger partial charge on any atom is 0.136 e. The number of fused-ring (bicyclic) bond motifs is 1. The summed E-state index contributed by atoms with van der Waals surface area (Å²) in [7, 11) is 0. The van der Waals surface area contributed by atoms with Crippen LogP contribution in [0.3, 0.4) is 0 Å². The standard InChI is InChI=1S/C10H7ClO/c1-6-7(2)12-9-5-3-4-8(11)10(6)9/h3-5H,1-2H2. The van der Waals surface area contributed by atoms with Crippen LogP contribution in [0.4, 0.5) is 0 Å². The Morgan fingerprint density at radius 1 is 1.25 bits per heavy atom. The first-order valence-electron chi connectivity index (χ1n) is 3.55. The fourth-order valence-electron chi connectivity index (χ4n) is 1.22. The van der Waals surface area contributed by atoms with Crippen LogP contribution in [0, 0.1) is 0 Å². The number of halogens is 1. The minimum absolute atomic E-state index is 0.582. The topological polar surface area (TPSA) is 13.1 Å². The Morgan fingerprint density at radius 2 is 2.00 bits per heavy atom. The normalized spacial score (nSPS) is 10.8. The monoisotopic (exact) mass is 178 g/mol. The first-order valence-corrected chi connectivity index (χ1v) is 3.93. The third-order valence-corrected chi connectivity index (χ3v) is 2.16. The number of hydrogen-bond donors (Lipinski definition) is 0. The van der Waals surface area contributed by atoms with Crippen molar-refractivity contribution in [1.82, 2.24) is 0 Å². The van der Waals surface area contributed by atoms with Gasteiger partial charge in [-0.25, -0.2) is 0 Å². The number of furan rings is 1.